The van der Waals surface area contributed by atoms with Gasteiger partial charge >= 0.3 is 0 Å². The Bertz CT molecular complexity index is 718. The summed E-state index contributed by atoms with van der Waals surface area (Å²) >= 11 is 0. The standard InChI is InChI=1S/C19H27NO3S/c1-14-5-6-15(2)18(12-14)16-7-9-20(10-8-16)19(21)17-4-3-11-24(22,23)13-17/h5-6,12,16-17H,3-4,7-11,13H2,1-2H3. The van der Waals surface area contributed by atoms with Gasteiger partial charge in [-0.1, -0.05) is 23.8 Å². The van der Waals surface area contributed by atoms with Gasteiger partial charge in [0.05, 0.1) is 17.4 Å². The lowest BCUT2D eigenvalue weighted by atomic mass is 9.85. The van der Waals surface area contributed by atoms with Gasteiger partial charge in [-0.3, -0.25) is 4.79 Å². The molecule has 0 aromatic heterocycles. The molecule has 1 aromatic carbocycles. The lowest BCUT2D eigenvalue weighted by Crippen LogP contribution is -2.44. The van der Waals surface area contributed by atoms with Gasteiger partial charge in [0.25, 0.3) is 0 Å². The van der Waals surface area contributed by atoms with Crippen molar-refractivity contribution in [1.29, 1.82) is 0 Å². The zero-order valence-electron chi connectivity index (χ0n) is 14.6. The number of piperidine rings is 1. The molecule has 0 spiro atoms. The average Bonchev–Trinajstić information content (AvgIpc) is 2.56. The van der Waals surface area contributed by atoms with E-state index in [1.165, 1.54) is 16.7 Å². The van der Waals surface area contributed by atoms with Crippen LogP contribution in [0.3, 0.4) is 0 Å². The van der Waals surface area contributed by atoms with E-state index >= 15 is 0 Å². The fraction of sp³-hybridized carbons (Fsp3) is 0.632. The first-order chi connectivity index (χ1) is 11.4. The number of nitrogens with zero attached hydrogens (tertiary/aromatic N) is 1. The molecule has 2 aliphatic rings. The third kappa shape index (κ3) is 3.82. The van der Waals surface area contributed by atoms with Gasteiger partial charge in [-0.15, -0.1) is 0 Å². The second-order valence-corrected chi connectivity index (χ2v) is 9.64. The quantitative estimate of drug-likeness (QED) is 0.825. The van der Waals surface area contributed by atoms with Gasteiger partial charge in [0.15, 0.2) is 9.84 Å². The molecular weight excluding hydrogens is 322 g/mol. The van der Waals surface area contributed by atoms with Gasteiger partial charge in [-0.25, -0.2) is 8.42 Å². The summed E-state index contributed by atoms with van der Waals surface area (Å²) in [6, 6.07) is 6.58. The van der Waals surface area contributed by atoms with E-state index in [4.69, 9.17) is 0 Å². The van der Waals surface area contributed by atoms with Crippen LogP contribution in [0.15, 0.2) is 18.2 Å². The predicted octanol–water partition coefficient (Wildman–Crippen LogP) is 2.83. The molecule has 2 fully saturated rings. The minimum absolute atomic E-state index is 0.0444. The van der Waals surface area contributed by atoms with Crippen LogP contribution < -0.4 is 0 Å². The lowest BCUT2D eigenvalue weighted by Gasteiger charge is -2.35. The minimum Gasteiger partial charge on any atom is -0.342 e. The number of hydrogen-bond acceptors (Lipinski definition) is 3. The molecule has 0 radical (unpaired) electrons. The highest BCUT2D eigenvalue weighted by Crippen LogP contribution is 2.32. The van der Waals surface area contributed by atoms with E-state index in [1.54, 1.807) is 0 Å². The van der Waals surface area contributed by atoms with Crippen LogP contribution in [0.5, 0.6) is 0 Å². The summed E-state index contributed by atoms with van der Waals surface area (Å²) in [6.45, 7) is 5.76. The third-order valence-electron chi connectivity index (χ3n) is 5.49. The van der Waals surface area contributed by atoms with E-state index in [0.29, 0.717) is 12.3 Å². The van der Waals surface area contributed by atoms with Crippen molar-refractivity contribution in [1.82, 2.24) is 4.90 Å². The van der Waals surface area contributed by atoms with E-state index < -0.39 is 9.84 Å². The van der Waals surface area contributed by atoms with E-state index in [0.717, 1.165) is 32.4 Å². The van der Waals surface area contributed by atoms with Crippen LogP contribution >= 0.6 is 0 Å². The average molecular weight is 349 g/mol. The number of likely N-dealkylation sites (tertiary alicyclic amines) is 1. The fourth-order valence-corrected chi connectivity index (χ4v) is 5.78. The predicted molar refractivity (Wildman–Crippen MR) is 95.8 cm³/mol. The Morgan fingerprint density at radius 3 is 2.50 bits per heavy atom. The first-order valence-electron chi connectivity index (χ1n) is 8.92. The van der Waals surface area contributed by atoms with Gasteiger partial charge in [0.1, 0.15) is 0 Å². The zero-order chi connectivity index (χ0) is 17.3. The maximum absolute atomic E-state index is 12.7. The molecule has 1 aromatic rings. The number of benzene rings is 1. The molecule has 1 amide bonds. The summed E-state index contributed by atoms with van der Waals surface area (Å²) < 4.78 is 23.6. The number of carbonyl (C=O) groups excluding carboxylic acids is 1. The number of amides is 1. The second kappa shape index (κ2) is 6.87. The van der Waals surface area contributed by atoms with E-state index in [2.05, 4.69) is 32.0 Å². The molecule has 0 aliphatic carbocycles. The Morgan fingerprint density at radius 1 is 1.12 bits per heavy atom. The molecule has 5 heteroatoms. The summed E-state index contributed by atoms with van der Waals surface area (Å²) in [6.07, 6.45) is 3.28. The van der Waals surface area contributed by atoms with Crippen LogP contribution in [0.4, 0.5) is 0 Å². The van der Waals surface area contributed by atoms with Gasteiger partial charge in [0, 0.05) is 13.1 Å². The monoisotopic (exact) mass is 349 g/mol. The lowest BCUT2D eigenvalue weighted by molar-refractivity contribution is -0.136. The topological polar surface area (TPSA) is 54.5 Å². The molecule has 2 aliphatic heterocycles. The first kappa shape index (κ1) is 17.5. The zero-order valence-corrected chi connectivity index (χ0v) is 15.4. The molecule has 1 atom stereocenters. The smallest absolute Gasteiger partial charge is 0.226 e. The van der Waals surface area contributed by atoms with Crippen molar-refractivity contribution in [2.45, 2.75) is 45.4 Å². The van der Waals surface area contributed by atoms with Gasteiger partial charge in [-0.2, -0.15) is 0 Å². The maximum Gasteiger partial charge on any atom is 0.226 e. The first-order valence-corrected chi connectivity index (χ1v) is 10.7. The molecule has 4 nitrogen and oxygen atoms in total. The maximum atomic E-state index is 12.7. The van der Waals surface area contributed by atoms with Crippen molar-refractivity contribution in [2.75, 3.05) is 24.6 Å². The fourth-order valence-electron chi connectivity index (χ4n) is 4.09. The molecule has 3 rings (SSSR count). The Labute approximate surface area is 145 Å². The summed E-state index contributed by atoms with van der Waals surface area (Å²) in [5.41, 5.74) is 4.01. The van der Waals surface area contributed by atoms with Crippen LogP contribution in [0.1, 0.15) is 48.3 Å². The molecule has 24 heavy (non-hydrogen) atoms. The number of carbonyl (C=O) groups is 1. The largest absolute Gasteiger partial charge is 0.342 e. The van der Waals surface area contributed by atoms with Crippen LogP contribution in [0, 0.1) is 19.8 Å². The SMILES string of the molecule is Cc1ccc(C)c(C2CCN(C(=O)C3CCCS(=O)(=O)C3)CC2)c1. The number of hydrogen-bond donors (Lipinski definition) is 0. The molecule has 132 valence electrons. The third-order valence-corrected chi connectivity index (χ3v) is 7.31. The van der Waals surface area contributed by atoms with Crippen molar-refractivity contribution in [3.8, 4) is 0 Å². The molecule has 2 heterocycles. The molecule has 0 saturated carbocycles. The molecule has 0 N–H and O–H groups in total. The van der Waals surface area contributed by atoms with Crippen molar-refractivity contribution in [3.63, 3.8) is 0 Å². The summed E-state index contributed by atoms with van der Waals surface area (Å²) in [5.74, 6) is 0.525. The normalized spacial score (nSPS) is 24.8. The molecule has 1 unspecified atom stereocenters. The van der Waals surface area contributed by atoms with Gasteiger partial charge in [-0.05, 0) is 56.6 Å². The minimum atomic E-state index is -3.03. The Kier molecular flexibility index (Phi) is 5.00. The van der Waals surface area contributed by atoms with Crippen molar-refractivity contribution >= 4 is 15.7 Å². The number of rotatable bonds is 2. The number of sulfone groups is 1. The highest BCUT2D eigenvalue weighted by Gasteiger charge is 2.34. The van der Waals surface area contributed by atoms with Crippen molar-refractivity contribution in [3.05, 3.63) is 34.9 Å². The van der Waals surface area contributed by atoms with E-state index in [9.17, 15) is 13.2 Å². The number of aryl methyl sites for hydroxylation is 2. The summed E-state index contributed by atoms with van der Waals surface area (Å²) in [7, 11) is -3.03. The summed E-state index contributed by atoms with van der Waals surface area (Å²) in [4.78, 5) is 14.6. The highest BCUT2D eigenvalue weighted by molar-refractivity contribution is 7.91. The molecule has 0 bridgehead atoms. The Morgan fingerprint density at radius 2 is 1.83 bits per heavy atom. The van der Waals surface area contributed by atoms with Gasteiger partial charge in [0.2, 0.25) is 5.91 Å². The van der Waals surface area contributed by atoms with E-state index in [1.807, 2.05) is 4.90 Å². The van der Waals surface area contributed by atoms with Crippen LogP contribution in [-0.4, -0.2) is 43.8 Å². The van der Waals surface area contributed by atoms with Crippen LogP contribution in [0.25, 0.3) is 0 Å². The van der Waals surface area contributed by atoms with E-state index in [-0.39, 0.29) is 23.3 Å². The van der Waals surface area contributed by atoms with Crippen molar-refractivity contribution < 1.29 is 13.2 Å². The molecular formula is C19H27NO3S. The van der Waals surface area contributed by atoms with Gasteiger partial charge < -0.3 is 4.90 Å². The second-order valence-electron chi connectivity index (χ2n) is 7.41. The molecule has 2 saturated heterocycles. The Balaban J connectivity index is 1.62. The summed E-state index contributed by atoms with van der Waals surface area (Å²) in [5, 5.41) is 0. The van der Waals surface area contributed by atoms with Crippen LogP contribution in [0.2, 0.25) is 0 Å². The van der Waals surface area contributed by atoms with Crippen LogP contribution in [-0.2, 0) is 14.6 Å². The van der Waals surface area contributed by atoms with Crippen molar-refractivity contribution in [2.24, 2.45) is 5.92 Å². The Hall–Kier alpha value is -1.36. The highest BCUT2D eigenvalue weighted by atomic mass is 32.2.